The Labute approximate surface area is 225 Å². The first-order chi connectivity index (χ1) is 18.1. The second-order valence-electron chi connectivity index (χ2n) is 9.04. The zero-order valence-electron chi connectivity index (χ0n) is 21.7. The van der Waals surface area contributed by atoms with E-state index >= 15 is 0 Å². The van der Waals surface area contributed by atoms with E-state index in [1.165, 1.54) is 0 Å². The van der Waals surface area contributed by atoms with Crippen molar-refractivity contribution >= 4 is 19.0 Å². The van der Waals surface area contributed by atoms with Crippen LogP contribution >= 0.6 is 0 Å². The summed E-state index contributed by atoms with van der Waals surface area (Å²) >= 11 is 0. The van der Waals surface area contributed by atoms with Crippen molar-refractivity contribution in [3.63, 3.8) is 0 Å². The molecule has 4 aromatic carbocycles. The van der Waals surface area contributed by atoms with Crippen molar-refractivity contribution in [1.29, 1.82) is 0 Å². The fourth-order valence-electron chi connectivity index (χ4n) is 4.33. The Morgan fingerprint density at radius 1 is 0.432 bits per heavy atom. The summed E-state index contributed by atoms with van der Waals surface area (Å²) in [4.78, 5) is 0. The molecular weight excluding hydrogens is 493 g/mol. The van der Waals surface area contributed by atoms with Crippen LogP contribution in [0.1, 0.15) is 26.7 Å². The van der Waals surface area contributed by atoms with Crippen molar-refractivity contribution in [3.05, 3.63) is 121 Å². The molecule has 0 amide bonds. The standard InChI is InChI=1S/C31H36O4Si2/c1-3-30(32-26-17-9-5-10-18-26,33-27-19-11-6-12-20-27)36-25-37-31(4-2,34-28-21-13-7-14-22-28)35-29-23-15-8-16-24-29/h5-24H,3-4,25,36-37H2,1-2H3. The average Bonchev–Trinajstić information content (AvgIpc) is 2.95. The molecule has 0 spiro atoms. The Morgan fingerprint density at radius 3 is 0.892 bits per heavy atom. The second-order valence-corrected chi connectivity index (χ2v) is 15.0. The third-order valence-electron chi connectivity index (χ3n) is 6.38. The van der Waals surface area contributed by atoms with Crippen LogP contribution in [0.25, 0.3) is 0 Å². The predicted molar refractivity (Wildman–Crippen MR) is 156 cm³/mol. The topological polar surface area (TPSA) is 36.9 Å². The van der Waals surface area contributed by atoms with E-state index in [0.29, 0.717) is 0 Å². The lowest BCUT2D eigenvalue weighted by atomic mass is 10.3. The van der Waals surface area contributed by atoms with Crippen LogP contribution in [-0.4, -0.2) is 29.9 Å². The molecular formula is C31H36O4Si2. The summed E-state index contributed by atoms with van der Waals surface area (Å²) in [6, 6.07) is 40.0. The van der Waals surface area contributed by atoms with E-state index in [1.54, 1.807) is 0 Å². The first-order valence-corrected chi connectivity index (χ1v) is 16.5. The van der Waals surface area contributed by atoms with E-state index in [9.17, 15) is 0 Å². The summed E-state index contributed by atoms with van der Waals surface area (Å²) in [5, 5.41) is 0. The van der Waals surface area contributed by atoms with E-state index in [0.717, 1.165) is 41.5 Å². The minimum Gasteiger partial charge on any atom is -0.458 e. The predicted octanol–water partition coefficient (Wildman–Crippen LogP) is 6.14. The van der Waals surface area contributed by atoms with Crippen LogP contribution in [0.15, 0.2) is 121 Å². The summed E-state index contributed by atoms with van der Waals surface area (Å²) in [7, 11) is -1.76. The first-order valence-electron chi connectivity index (χ1n) is 13.1. The molecule has 4 nitrogen and oxygen atoms in total. The summed E-state index contributed by atoms with van der Waals surface area (Å²) in [6.07, 6.45) is 1.52. The molecule has 192 valence electrons. The second kappa shape index (κ2) is 13.2. The quantitative estimate of drug-likeness (QED) is 0.145. The van der Waals surface area contributed by atoms with Gasteiger partial charge in [0.25, 0.3) is 0 Å². The van der Waals surface area contributed by atoms with Gasteiger partial charge < -0.3 is 18.9 Å². The van der Waals surface area contributed by atoms with Crippen molar-refractivity contribution < 1.29 is 18.9 Å². The molecule has 0 aliphatic rings. The molecule has 0 saturated carbocycles. The lowest BCUT2D eigenvalue weighted by molar-refractivity contribution is -0.0471. The molecule has 0 aliphatic heterocycles. The number of para-hydroxylation sites is 4. The van der Waals surface area contributed by atoms with E-state index < -0.39 is 29.9 Å². The third kappa shape index (κ3) is 7.75. The van der Waals surface area contributed by atoms with E-state index in [2.05, 4.69) is 13.8 Å². The van der Waals surface area contributed by atoms with Gasteiger partial charge in [0, 0.05) is 12.8 Å². The minimum absolute atomic E-state index is 0.658. The fraction of sp³-hybridized carbons (Fsp3) is 0.226. The lowest BCUT2D eigenvalue weighted by Crippen LogP contribution is -2.52. The largest absolute Gasteiger partial charge is 0.458 e. The summed E-state index contributed by atoms with van der Waals surface area (Å²) in [6.45, 7) is 4.29. The highest BCUT2D eigenvalue weighted by Gasteiger charge is 2.38. The Hall–Kier alpha value is -3.49. The van der Waals surface area contributed by atoms with E-state index in [1.807, 2.05) is 121 Å². The molecule has 0 heterocycles. The van der Waals surface area contributed by atoms with Gasteiger partial charge in [0.2, 0.25) is 10.8 Å². The monoisotopic (exact) mass is 528 g/mol. The molecule has 0 unspecified atom stereocenters. The van der Waals surface area contributed by atoms with Crippen LogP contribution in [0.4, 0.5) is 0 Å². The van der Waals surface area contributed by atoms with Crippen molar-refractivity contribution in [2.24, 2.45) is 0 Å². The Bertz CT molecular complexity index is 997. The number of rotatable bonds is 14. The first kappa shape index (κ1) is 26.6. The summed E-state index contributed by atoms with van der Waals surface area (Å²) in [5.41, 5.74) is -0.273. The molecule has 0 aromatic heterocycles. The molecule has 0 bridgehead atoms. The lowest BCUT2D eigenvalue weighted by Gasteiger charge is -2.37. The normalized spacial score (nSPS) is 12.2. The molecule has 0 radical (unpaired) electrons. The van der Waals surface area contributed by atoms with Gasteiger partial charge in [0.1, 0.15) is 42.0 Å². The number of benzene rings is 4. The highest BCUT2D eigenvalue weighted by Crippen LogP contribution is 2.29. The Morgan fingerprint density at radius 2 is 0.676 bits per heavy atom. The van der Waals surface area contributed by atoms with Crippen LogP contribution in [-0.2, 0) is 0 Å². The molecule has 0 N–H and O–H groups in total. The van der Waals surface area contributed by atoms with Gasteiger partial charge in [-0.05, 0) is 48.5 Å². The molecule has 6 heteroatoms. The van der Waals surface area contributed by atoms with Crippen molar-refractivity contribution in [2.75, 3.05) is 0 Å². The van der Waals surface area contributed by atoms with Gasteiger partial charge in [-0.25, -0.2) is 0 Å². The number of hydrogen-bond acceptors (Lipinski definition) is 4. The number of ether oxygens (including phenoxy) is 4. The minimum atomic E-state index is -0.879. The van der Waals surface area contributed by atoms with Crippen LogP contribution in [0.5, 0.6) is 23.0 Å². The fourth-order valence-corrected chi connectivity index (χ4v) is 11.1. The number of hydrogen-bond donors (Lipinski definition) is 0. The molecule has 37 heavy (non-hydrogen) atoms. The van der Waals surface area contributed by atoms with Crippen LogP contribution in [0, 0.1) is 0 Å². The van der Waals surface area contributed by atoms with Crippen LogP contribution in [0.2, 0.25) is 5.67 Å². The maximum atomic E-state index is 6.62. The highest BCUT2D eigenvalue weighted by molar-refractivity contribution is 6.59. The van der Waals surface area contributed by atoms with Gasteiger partial charge in [-0.15, -0.1) is 0 Å². The van der Waals surface area contributed by atoms with E-state index in [-0.39, 0.29) is 0 Å². The zero-order chi connectivity index (χ0) is 25.8. The molecule has 0 atom stereocenters. The van der Waals surface area contributed by atoms with Gasteiger partial charge in [-0.1, -0.05) is 92.3 Å². The molecule has 0 aliphatic carbocycles. The van der Waals surface area contributed by atoms with Crippen molar-refractivity contribution in [1.82, 2.24) is 0 Å². The SMILES string of the molecule is CCC(Oc1ccccc1)(Oc1ccccc1)[SiH2]C[SiH2]C(CC)(Oc1ccccc1)Oc1ccccc1. The highest BCUT2D eigenvalue weighted by atomic mass is 28.3. The summed E-state index contributed by atoms with van der Waals surface area (Å²) < 4.78 is 26.5. The zero-order valence-corrected chi connectivity index (χ0v) is 24.5. The van der Waals surface area contributed by atoms with Gasteiger partial charge >= 0.3 is 0 Å². The summed E-state index contributed by atoms with van der Waals surface area (Å²) in [5.74, 6) is 3.32. The molecule has 4 aromatic rings. The van der Waals surface area contributed by atoms with Gasteiger partial charge in [0.05, 0.1) is 0 Å². The Kier molecular flexibility index (Phi) is 9.46. The Balaban J connectivity index is 1.56. The molecule has 0 fully saturated rings. The smallest absolute Gasteiger partial charge is 0.221 e. The molecule has 0 saturated heterocycles. The van der Waals surface area contributed by atoms with Crippen molar-refractivity contribution in [3.8, 4) is 23.0 Å². The van der Waals surface area contributed by atoms with Crippen LogP contribution in [0.3, 0.4) is 0 Å². The van der Waals surface area contributed by atoms with Crippen molar-refractivity contribution in [2.45, 2.75) is 43.2 Å². The maximum Gasteiger partial charge on any atom is 0.221 e. The van der Waals surface area contributed by atoms with E-state index in [4.69, 9.17) is 18.9 Å². The molecule has 4 rings (SSSR count). The van der Waals surface area contributed by atoms with Gasteiger partial charge in [-0.2, -0.15) is 0 Å². The van der Waals surface area contributed by atoms with Gasteiger partial charge in [0.15, 0.2) is 0 Å². The maximum absolute atomic E-state index is 6.62. The third-order valence-corrected chi connectivity index (χ3v) is 12.3. The van der Waals surface area contributed by atoms with Crippen LogP contribution < -0.4 is 18.9 Å². The average molecular weight is 529 g/mol. The van der Waals surface area contributed by atoms with Gasteiger partial charge in [-0.3, -0.25) is 0 Å².